The standard InChI is InChI=1S/C10H12FNO2/c11-9-3-1-2-8(4-9)5-12-6-10(13)7-14-12/h1-4,10,13H,5-7H2/t10-/m0/s1. The summed E-state index contributed by atoms with van der Waals surface area (Å²) in [5.74, 6) is -0.248. The fourth-order valence-corrected chi connectivity index (χ4v) is 1.48. The first-order valence-electron chi connectivity index (χ1n) is 4.54. The Hall–Kier alpha value is -0.970. The van der Waals surface area contributed by atoms with E-state index in [2.05, 4.69) is 0 Å². The molecule has 14 heavy (non-hydrogen) atoms. The Morgan fingerprint density at radius 2 is 2.43 bits per heavy atom. The number of aliphatic hydroxyl groups is 1. The van der Waals surface area contributed by atoms with Gasteiger partial charge in [0, 0.05) is 6.54 Å². The molecule has 0 bridgehead atoms. The van der Waals surface area contributed by atoms with E-state index in [4.69, 9.17) is 4.84 Å². The molecule has 1 aliphatic heterocycles. The van der Waals surface area contributed by atoms with Crippen LogP contribution in [0, 0.1) is 5.82 Å². The minimum absolute atomic E-state index is 0.248. The first-order valence-corrected chi connectivity index (χ1v) is 4.54. The highest BCUT2D eigenvalue weighted by atomic mass is 19.1. The lowest BCUT2D eigenvalue weighted by atomic mass is 10.2. The van der Waals surface area contributed by atoms with Crippen molar-refractivity contribution in [2.45, 2.75) is 12.6 Å². The van der Waals surface area contributed by atoms with Crippen LogP contribution in [0.15, 0.2) is 24.3 Å². The molecule has 0 amide bonds. The van der Waals surface area contributed by atoms with E-state index in [0.29, 0.717) is 19.7 Å². The average molecular weight is 197 g/mol. The Kier molecular flexibility index (Phi) is 2.77. The van der Waals surface area contributed by atoms with Gasteiger partial charge in [0.15, 0.2) is 0 Å². The molecule has 0 aromatic heterocycles. The zero-order chi connectivity index (χ0) is 9.97. The van der Waals surface area contributed by atoms with Gasteiger partial charge in [0.05, 0.1) is 19.3 Å². The number of β-amino-alcohol motifs (C(OH)–C–C–N with tert-alkyl or cyclic N) is 1. The number of halogens is 1. The van der Waals surface area contributed by atoms with Gasteiger partial charge in [-0.2, -0.15) is 5.06 Å². The number of aliphatic hydroxyl groups excluding tert-OH is 1. The van der Waals surface area contributed by atoms with Crippen molar-refractivity contribution in [1.29, 1.82) is 0 Å². The lowest BCUT2D eigenvalue weighted by Crippen LogP contribution is -2.20. The summed E-state index contributed by atoms with van der Waals surface area (Å²) in [7, 11) is 0. The molecule has 0 spiro atoms. The maximum atomic E-state index is 12.8. The van der Waals surface area contributed by atoms with Crippen molar-refractivity contribution < 1.29 is 14.3 Å². The van der Waals surface area contributed by atoms with E-state index >= 15 is 0 Å². The summed E-state index contributed by atoms with van der Waals surface area (Å²) in [6.45, 7) is 1.32. The first kappa shape index (κ1) is 9.58. The molecule has 0 radical (unpaired) electrons. The summed E-state index contributed by atoms with van der Waals surface area (Å²) < 4.78 is 12.8. The molecule has 76 valence electrons. The minimum atomic E-state index is -0.427. The summed E-state index contributed by atoms with van der Waals surface area (Å²) >= 11 is 0. The van der Waals surface area contributed by atoms with Gasteiger partial charge >= 0.3 is 0 Å². The van der Waals surface area contributed by atoms with Gasteiger partial charge < -0.3 is 5.11 Å². The van der Waals surface area contributed by atoms with Gasteiger partial charge in [-0.1, -0.05) is 12.1 Å². The van der Waals surface area contributed by atoms with Crippen molar-refractivity contribution in [3.05, 3.63) is 35.6 Å². The molecule has 0 saturated carbocycles. The van der Waals surface area contributed by atoms with Gasteiger partial charge in [0.2, 0.25) is 0 Å². The monoisotopic (exact) mass is 197 g/mol. The maximum absolute atomic E-state index is 12.8. The number of benzene rings is 1. The van der Waals surface area contributed by atoms with Crippen molar-refractivity contribution in [2.24, 2.45) is 0 Å². The number of nitrogens with zero attached hydrogens (tertiary/aromatic N) is 1. The predicted molar refractivity (Wildman–Crippen MR) is 48.8 cm³/mol. The first-order chi connectivity index (χ1) is 6.74. The third-order valence-electron chi connectivity index (χ3n) is 2.11. The quantitative estimate of drug-likeness (QED) is 0.765. The topological polar surface area (TPSA) is 32.7 Å². The lowest BCUT2D eigenvalue weighted by molar-refractivity contribution is -0.117. The molecule has 4 heteroatoms. The molecular formula is C10H12FNO2. The summed E-state index contributed by atoms with van der Waals surface area (Å²) in [5, 5.41) is 10.8. The Labute approximate surface area is 81.7 Å². The number of hydrogen-bond donors (Lipinski definition) is 1. The van der Waals surface area contributed by atoms with Crippen LogP contribution >= 0.6 is 0 Å². The van der Waals surface area contributed by atoms with E-state index in [1.54, 1.807) is 11.1 Å². The van der Waals surface area contributed by atoms with Crippen molar-refractivity contribution in [1.82, 2.24) is 5.06 Å². The highest BCUT2D eigenvalue weighted by Crippen LogP contribution is 2.12. The molecule has 0 unspecified atom stereocenters. The van der Waals surface area contributed by atoms with Crippen LogP contribution < -0.4 is 0 Å². The molecule has 1 aromatic rings. The molecule has 1 atom stereocenters. The minimum Gasteiger partial charge on any atom is -0.389 e. The van der Waals surface area contributed by atoms with Crippen LogP contribution in [0.1, 0.15) is 5.56 Å². The number of hydrogen-bond acceptors (Lipinski definition) is 3. The van der Waals surface area contributed by atoms with E-state index in [9.17, 15) is 9.50 Å². The molecule has 1 heterocycles. The predicted octanol–water partition coefficient (Wildman–Crippen LogP) is 0.934. The van der Waals surface area contributed by atoms with E-state index in [-0.39, 0.29) is 5.82 Å². The van der Waals surface area contributed by atoms with Crippen molar-refractivity contribution in [2.75, 3.05) is 13.2 Å². The zero-order valence-electron chi connectivity index (χ0n) is 7.69. The third kappa shape index (κ3) is 2.29. The molecule has 3 nitrogen and oxygen atoms in total. The number of hydroxylamine groups is 2. The van der Waals surface area contributed by atoms with Crippen LogP contribution in [0.3, 0.4) is 0 Å². The Balaban J connectivity index is 1.97. The molecule has 0 aliphatic carbocycles. The lowest BCUT2D eigenvalue weighted by Gasteiger charge is -2.13. The van der Waals surface area contributed by atoms with Gasteiger partial charge in [-0.3, -0.25) is 4.84 Å². The maximum Gasteiger partial charge on any atom is 0.123 e. The SMILES string of the molecule is O[C@@H]1CON(Cc2cccc(F)c2)C1. The van der Waals surface area contributed by atoms with E-state index in [0.717, 1.165) is 5.56 Å². The van der Waals surface area contributed by atoms with E-state index < -0.39 is 6.10 Å². The number of rotatable bonds is 2. The fraction of sp³-hybridized carbons (Fsp3) is 0.400. The molecule has 1 saturated heterocycles. The van der Waals surface area contributed by atoms with Crippen molar-refractivity contribution in [3.8, 4) is 0 Å². The van der Waals surface area contributed by atoms with Gasteiger partial charge in [0.1, 0.15) is 5.82 Å². The summed E-state index contributed by atoms with van der Waals surface area (Å²) in [6.07, 6.45) is -0.427. The smallest absolute Gasteiger partial charge is 0.123 e. The van der Waals surface area contributed by atoms with Crippen LogP contribution in [-0.4, -0.2) is 29.4 Å². The second kappa shape index (κ2) is 4.04. The van der Waals surface area contributed by atoms with Crippen LogP contribution in [0.5, 0.6) is 0 Å². The Bertz CT molecular complexity index is 319. The second-order valence-corrected chi connectivity index (χ2v) is 3.40. The largest absolute Gasteiger partial charge is 0.389 e. The van der Waals surface area contributed by atoms with Crippen molar-refractivity contribution >= 4 is 0 Å². The molecule has 1 N–H and O–H groups in total. The highest BCUT2D eigenvalue weighted by molar-refractivity contribution is 5.15. The van der Waals surface area contributed by atoms with Crippen LogP contribution in [0.25, 0.3) is 0 Å². The Morgan fingerprint density at radius 1 is 1.57 bits per heavy atom. The average Bonchev–Trinajstić information content (AvgIpc) is 2.51. The van der Waals surface area contributed by atoms with Gasteiger partial charge in [-0.25, -0.2) is 4.39 Å². The summed E-state index contributed by atoms with van der Waals surface area (Å²) in [6, 6.07) is 6.37. The summed E-state index contributed by atoms with van der Waals surface area (Å²) in [4.78, 5) is 5.17. The summed E-state index contributed by atoms with van der Waals surface area (Å²) in [5.41, 5.74) is 0.846. The molecule has 1 aromatic carbocycles. The Morgan fingerprint density at radius 3 is 3.07 bits per heavy atom. The second-order valence-electron chi connectivity index (χ2n) is 3.40. The molecule has 1 fully saturated rings. The third-order valence-corrected chi connectivity index (χ3v) is 2.11. The molecule has 1 aliphatic rings. The molecule has 2 rings (SSSR count). The van der Waals surface area contributed by atoms with E-state index in [1.165, 1.54) is 12.1 Å². The highest BCUT2D eigenvalue weighted by Gasteiger charge is 2.21. The van der Waals surface area contributed by atoms with Gasteiger partial charge in [0.25, 0.3) is 0 Å². The van der Waals surface area contributed by atoms with Crippen LogP contribution in [0.2, 0.25) is 0 Å². The fourth-order valence-electron chi connectivity index (χ4n) is 1.48. The zero-order valence-corrected chi connectivity index (χ0v) is 7.69. The van der Waals surface area contributed by atoms with Crippen LogP contribution in [-0.2, 0) is 11.4 Å². The van der Waals surface area contributed by atoms with Gasteiger partial charge in [-0.15, -0.1) is 0 Å². The van der Waals surface area contributed by atoms with Gasteiger partial charge in [-0.05, 0) is 17.7 Å². The van der Waals surface area contributed by atoms with E-state index in [1.807, 2.05) is 6.07 Å². The van der Waals surface area contributed by atoms with Crippen molar-refractivity contribution in [3.63, 3.8) is 0 Å². The molecular weight excluding hydrogens is 185 g/mol. The normalized spacial score (nSPS) is 22.9. The van der Waals surface area contributed by atoms with Crippen LogP contribution in [0.4, 0.5) is 4.39 Å².